The first-order chi connectivity index (χ1) is 16.4. The number of nitriles is 1. The number of fused-ring (bicyclic) bond motifs is 1. The van der Waals surface area contributed by atoms with Gasteiger partial charge >= 0.3 is 6.18 Å². The van der Waals surface area contributed by atoms with Crippen LogP contribution >= 0.6 is 0 Å². The molecule has 0 aliphatic carbocycles. The van der Waals surface area contributed by atoms with Gasteiger partial charge in [-0.05, 0) is 50.6 Å². The van der Waals surface area contributed by atoms with Crippen LogP contribution in [0.15, 0.2) is 47.8 Å². The Kier molecular flexibility index (Phi) is 5.80. The van der Waals surface area contributed by atoms with Gasteiger partial charge in [-0.3, -0.25) is 14.6 Å². The van der Waals surface area contributed by atoms with E-state index in [-0.39, 0.29) is 26.5 Å². The van der Waals surface area contributed by atoms with Gasteiger partial charge in [-0.1, -0.05) is 0 Å². The highest BCUT2D eigenvalue weighted by atomic mass is 32.2. The van der Waals surface area contributed by atoms with Crippen molar-refractivity contribution in [1.29, 1.82) is 5.26 Å². The third kappa shape index (κ3) is 3.89. The van der Waals surface area contributed by atoms with Gasteiger partial charge in [0.2, 0.25) is 0 Å². The minimum absolute atomic E-state index is 0.0491. The van der Waals surface area contributed by atoms with Gasteiger partial charge in [-0.25, -0.2) is 17.1 Å². The average Bonchev–Trinajstić information content (AvgIpc) is 3.34. The van der Waals surface area contributed by atoms with Crippen LogP contribution in [0, 0.1) is 31.0 Å². The molecule has 0 unspecified atom stereocenters. The lowest BCUT2D eigenvalue weighted by atomic mass is 10.1. The Morgan fingerprint density at radius 1 is 1.26 bits per heavy atom. The molecule has 35 heavy (non-hydrogen) atoms. The lowest BCUT2D eigenvalue weighted by Crippen LogP contribution is -2.48. The summed E-state index contributed by atoms with van der Waals surface area (Å²) in [6, 6.07) is 3.91. The number of anilines is 1. The predicted molar refractivity (Wildman–Crippen MR) is 119 cm³/mol. The second-order valence-electron chi connectivity index (χ2n) is 7.83. The van der Waals surface area contributed by atoms with Gasteiger partial charge in [-0.15, -0.1) is 0 Å². The van der Waals surface area contributed by atoms with Crippen LogP contribution in [0.1, 0.15) is 23.7 Å². The maximum absolute atomic E-state index is 14.5. The molecule has 0 spiro atoms. The molecule has 0 bridgehead atoms. The molecule has 0 aliphatic rings. The van der Waals surface area contributed by atoms with Crippen LogP contribution in [0.5, 0.6) is 0 Å². The first kappa shape index (κ1) is 24.2. The molecule has 1 atom stereocenters. The highest BCUT2D eigenvalue weighted by molar-refractivity contribution is 7.92. The lowest BCUT2D eigenvalue weighted by Gasteiger charge is -2.32. The van der Waals surface area contributed by atoms with Crippen LogP contribution in [0.3, 0.4) is 0 Å². The molecule has 0 fully saturated rings. The van der Waals surface area contributed by atoms with Crippen molar-refractivity contribution in [2.75, 3.05) is 4.31 Å². The number of benzene rings is 1. The summed E-state index contributed by atoms with van der Waals surface area (Å²) < 4.78 is 85.5. The monoisotopic (exact) mass is 506 g/mol. The minimum atomic E-state index is -5.02. The summed E-state index contributed by atoms with van der Waals surface area (Å²) >= 11 is 0. The number of nitrogens with zero attached hydrogens (tertiary/aromatic N) is 5. The number of H-pyrrole nitrogens is 1. The molecule has 3 heterocycles. The summed E-state index contributed by atoms with van der Waals surface area (Å²) in [4.78, 5) is 3.21. The van der Waals surface area contributed by atoms with E-state index in [1.165, 1.54) is 36.0 Å². The number of hydrogen-bond donors (Lipinski definition) is 1. The number of halogens is 4. The van der Waals surface area contributed by atoms with E-state index in [4.69, 9.17) is 0 Å². The molecule has 0 amide bonds. The Hall–Kier alpha value is -3.92. The fraction of sp³-hybridized carbons (Fsp3) is 0.227. The Bertz CT molecular complexity index is 1570. The summed E-state index contributed by atoms with van der Waals surface area (Å²) in [7, 11) is -4.91. The van der Waals surface area contributed by atoms with E-state index >= 15 is 0 Å². The van der Waals surface area contributed by atoms with Crippen LogP contribution in [0.25, 0.3) is 16.6 Å². The molecule has 0 saturated carbocycles. The van der Waals surface area contributed by atoms with E-state index in [9.17, 15) is 31.2 Å². The van der Waals surface area contributed by atoms with E-state index < -0.39 is 44.3 Å². The predicted octanol–water partition coefficient (Wildman–Crippen LogP) is 4.52. The SMILES string of the molecule is Cc1cc2c(cc1F)c(C#N)c(N([C@@H](C)C(F)(F)F)S(=O)(=O)c1cccnc1)n2-c1c[nH]nc1C. The van der Waals surface area contributed by atoms with Crippen molar-refractivity contribution in [3.8, 4) is 11.8 Å². The molecule has 182 valence electrons. The summed E-state index contributed by atoms with van der Waals surface area (Å²) in [5, 5.41) is 16.5. The number of nitrogens with one attached hydrogen (secondary N) is 1. The molecular weight excluding hydrogens is 488 g/mol. The van der Waals surface area contributed by atoms with Crippen LogP contribution in [-0.4, -0.2) is 40.4 Å². The van der Waals surface area contributed by atoms with Crippen LogP contribution < -0.4 is 4.31 Å². The van der Waals surface area contributed by atoms with E-state index in [0.29, 0.717) is 12.6 Å². The second-order valence-corrected chi connectivity index (χ2v) is 9.64. The number of aromatic nitrogens is 4. The molecule has 1 aromatic carbocycles. The number of hydrogen-bond acceptors (Lipinski definition) is 5. The summed E-state index contributed by atoms with van der Waals surface area (Å²) in [5.74, 6) is -1.29. The zero-order valence-corrected chi connectivity index (χ0v) is 19.4. The molecular formula is C22H18F4N6O2S. The molecule has 0 saturated heterocycles. The minimum Gasteiger partial charge on any atom is -0.291 e. The summed E-state index contributed by atoms with van der Waals surface area (Å²) in [6.45, 7) is 3.67. The normalized spacial score (nSPS) is 13.1. The van der Waals surface area contributed by atoms with Crippen molar-refractivity contribution in [3.05, 3.63) is 65.5 Å². The van der Waals surface area contributed by atoms with Crippen LogP contribution in [0.4, 0.5) is 23.4 Å². The van der Waals surface area contributed by atoms with Gasteiger partial charge in [-0.2, -0.15) is 23.5 Å². The van der Waals surface area contributed by atoms with Gasteiger partial charge in [0.25, 0.3) is 10.0 Å². The molecule has 4 aromatic rings. The quantitative estimate of drug-likeness (QED) is 0.401. The highest BCUT2D eigenvalue weighted by Crippen LogP contribution is 2.42. The van der Waals surface area contributed by atoms with Gasteiger partial charge < -0.3 is 0 Å². The number of aromatic amines is 1. The van der Waals surface area contributed by atoms with Crippen molar-refractivity contribution in [2.24, 2.45) is 0 Å². The molecule has 0 aliphatic heterocycles. The number of rotatable bonds is 5. The maximum Gasteiger partial charge on any atom is 0.409 e. The Morgan fingerprint density at radius 3 is 2.51 bits per heavy atom. The van der Waals surface area contributed by atoms with Crippen LogP contribution in [0.2, 0.25) is 0 Å². The van der Waals surface area contributed by atoms with E-state index in [0.717, 1.165) is 18.3 Å². The fourth-order valence-electron chi connectivity index (χ4n) is 3.79. The standard InChI is InChI=1S/C22H18F4N6O2S/c1-12-7-19-16(8-18(12)23)17(9-27)21(31(19)20-11-29-30-13(20)2)32(14(3)22(24,25)26)35(33,34)15-5-4-6-28-10-15/h4-8,10-11,14H,1-3H3,(H,29,30)/t14-/m0/s1. The largest absolute Gasteiger partial charge is 0.409 e. The first-order valence-corrected chi connectivity index (χ1v) is 11.6. The van der Waals surface area contributed by atoms with Crippen LogP contribution in [-0.2, 0) is 10.0 Å². The van der Waals surface area contributed by atoms with Crippen molar-refractivity contribution in [3.63, 3.8) is 0 Å². The molecule has 13 heteroatoms. The van der Waals surface area contributed by atoms with Crippen molar-refractivity contribution < 1.29 is 26.0 Å². The fourth-order valence-corrected chi connectivity index (χ4v) is 5.40. The Morgan fingerprint density at radius 2 is 1.97 bits per heavy atom. The third-order valence-corrected chi connectivity index (χ3v) is 7.45. The Balaban J connectivity index is 2.22. The number of pyridine rings is 1. The van der Waals surface area contributed by atoms with Gasteiger partial charge in [0.15, 0.2) is 0 Å². The molecule has 8 nitrogen and oxygen atoms in total. The molecule has 1 N–H and O–H groups in total. The van der Waals surface area contributed by atoms with Gasteiger partial charge in [0.1, 0.15) is 34.2 Å². The van der Waals surface area contributed by atoms with Crippen molar-refractivity contribution in [2.45, 2.75) is 37.9 Å². The van der Waals surface area contributed by atoms with Crippen molar-refractivity contribution >= 4 is 26.7 Å². The molecule has 0 radical (unpaired) electrons. The third-order valence-electron chi connectivity index (χ3n) is 5.60. The summed E-state index contributed by atoms with van der Waals surface area (Å²) in [6.07, 6.45) is -1.48. The number of alkyl halides is 3. The second kappa shape index (κ2) is 8.38. The zero-order valence-electron chi connectivity index (χ0n) is 18.6. The highest BCUT2D eigenvalue weighted by Gasteiger charge is 2.48. The molecule has 4 rings (SSSR count). The zero-order chi connectivity index (χ0) is 25.7. The maximum atomic E-state index is 14.5. The average molecular weight is 506 g/mol. The smallest absolute Gasteiger partial charge is 0.291 e. The van der Waals surface area contributed by atoms with Gasteiger partial charge in [0.05, 0.1) is 16.9 Å². The lowest BCUT2D eigenvalue weighted by molar-refractivity contribution is -0.142. The topological polar surface area (TPSA) is 108 Å². The molecule has 3 aromatic heterocycles. The van der Waals surface area contributed by atoms with Crippen molar-refractivity contribution in [1.82, 2.24) is 19.7 Å². The van der Waals surface area contributed by atoms with Gasteiger partial charge in [0, 0.05) is 24.0 Å². The van der Waals surface area contributed by atoms with E-state index in [1.807, 2.05) is 0 Å². The first-order valence-electron chi connectivity index (χ1n) is 10.2. The van der Waals surface area contributed by atoms with E-state index in [2.05, 4.69) is 15.2 Å². The van der Waals surface area contributed by atoms with E-state index in [1.54, 1.807) is 13.0 Å². The summed E-state index contributed by atoms with van der Waals surface area (Å²) in [5.41, 5.74) is 0.356. The number of sulfonamides is 1. The number of aryl methyl sites for hydroxylation is 2. The Labute approximate surface area is 197 Å².